The molecule has 1 aromatic carbocycles. The van der Waals surface area contributed by atoms with E-state index in [0.29, 0.717) is 16.3 Å². The lowest BCUT2D eigenvalue weighted by Crippen LogP contribution is -2.28. The molecule has 3 rings (SSSR count). The number of nitrogens with zero attached hydrogens (tertiary/aromatic N) is 2. The lowest BCUT2D eigenvalue weighted by Gasteiger charge is -2.29. The van der Waals surface area contributed by atoms with Crippen LogP contribution in [0, 0.1) is 22.4 Å². The molecule has 2 unspecified atom stereocenters. The van der Waals surface area contributed by atoms with E-state index in [1.807, 2.05) is 0 Å². The molecular formula is C17H12BrClF2N2O. The van der Waals surface area contributed by atoms with E-state index in [4.69, 9.17) is 11.6 Å². The van der Waals surface area contributed by atoms with Crippen molar-refractivity contribution in [2.24, 2.45) is 0 Å². The summed E-state index contributed by atoms with van der Waals surface area (Å²) in [6, 6.07) is 4.23. The summed E-state index contributed by atoms with van der Waals surface area (Å²) in [6.45, 7) is 0.272. The topological polar surface area (TPSA) is 36.4 Å². The van der Waals surface area contributed by atoms with Crippen molar-refractivity contribution < 1.29 is 13.9 Å². The van der Waals surface area contributed by atoms with Gasteiger partial charge in [-0.3, -0.25) is 9.88 Å². The lowest BCUT2D eigenvalue weighted by molar-refractivity contribution is -0.0199. The number of aliphatic hydroxyl groups is 1. The molecule has 0 bridgehead atoms. The summed E-state index contributed by atoms with van der Waals surface area (Å²) in [6.07, 6.45) is 0.640. The quantitative estimate of drug-likeness (QED) is 0.762. The predicted molar refractivity (Wildman–Crippen MR) is 90.2 cm³/mol. The summed E-state index contributed by atoms with van der Waals surface area (Å²) in [4.78, 5) is 8.34. The number of hydrogen-bond donors (Lipinski definition) is 1. The van der Waals surface area contributed by atoms with Gasteiger partial charge in [-0.15, -0.1) is 0 Å². The third-order valence-corrected chi connectivity index (χ3v) is 4.65. The summed E-state index contributed by atoms with van der Waals surface area (Å²) in [5, 5.41) is 11.1. The van der Waals surface area contributed by atoms with Crippen LogP contribution in [0.1, 0.15) is 35.5 Å². The van der Waals surface area contributed by atoms with E-state index in [2.05, 4.69) is 31.7 Å². The summed E-state index contributed by atoms with van der Waals surface area (Å²) in [5.41, 5.74) is 1.24. The smallest absolute Gasteiger partial charge is 0.151 e. The number of hydrogen-bond acceptors (Lipinski definition) is 3. The molecule has 1 aliphatic rings. The zero-order valence-corrected chi connectivity index (χ0v) is 14.7. The molecule has 1 N–H and O–H groups in total. The van der Waals surface area contributed by atoms with Gasteiger partial charge < -0.3 is 5.11 Å². The van der Waals surface area contributed by atoms with Crippen molar-refractivity contribution in [3.8, 4) is 10.8 Å². The van der Waals surface area contributed by atoms with Crippen LogP contribution in [0.3, 0.4) is 0 Å². The first-order valence-corrected chi connectivity index (χ1v) is 8.30. The highest BCUT2D eigenvalue weighted by Gasteiger charge is 2.37. The van der Waals surface area contributed by atoms with Gasteiger partial charge in [0.25, 0.3) is 0 Å². The molecule has 124 valence electrons. The Balaban J connectivity index is 2.03. The summed E-state index contributed by atoms with van der Waals surface area (Å²) < 4.78 is 27.9. The van der Waals surface area contributed by atoms with Gasteiger partial charge >= 0.3 is 0 Å². The number of benzene rings is 1. The van der Waals surface area contributed by atoms with E-state index in [9.17, 15) is 13.9 Å². The molecule has 0 fully saturated rings. The predicted octanol–water partition coefficient (Wildman–Crippen LogP) is 4.31. The van der Waals surface area contributed by atoms with Gasteiger partial charge in [-0.05, 0) is 29.1 Å². The minimum Gasteiger partial charge on any atom is -0.372 e. The Morgan fingerprint density at radius 3 is 2.92 bits per heavy atom. The lowest BCUT2D eigenvalue weighted by atomic mass is 10.0. The van der Waals surface area contributed by atoms with E-state index in [-0.39, 0.29) is 18.5 Å². The van der Waals surface area contributed by atoms with Crippen LogP contribution in [0.2, 0.25) is 5.02 Å². The Hall–Kier alpha value is -1.52. The standard InChI is InChI=1S/C17H12BrClF2N2O/c18-6-1-2-15(11-8-10(20)3-4-14(11)21)23-9-12-13(19)5-7-22-16(12)17(23)24/h3-5,7-8,15,17,24H,2,9H2. The maximum absolute atomic E-state index is 14.3. The van der Waals surface area contributed by atoms with Crippen molar-refractivity contribution in [1.82, 2.24) is 9.88 Å². The maximum Gasteiger partial charge on any atom is 0.151 e. The van der Waals surface area contributed by atoms with E-state index in [1.54, 1.807) is 11.0 Å². The SMILES string of the molecule is OC1c2nccc(Cl)c2CN1C(CC#CBr)c1cc(F)ccc1F. The zero-order chi connectivity index (χ0) is 17.3. The van der Waals surface area contributed by atoms with Crippen LogP contribution in [-0.4, -0.2) is 15.0 Å². The van der Waals surface area contributed by atoms with E-state index >= 15 is 0 Å². The molecule has 1 aliphatic heterocycles. The molecule has 0 saturated heterocycles. The second kappa shape index (κ2) is 7.16. The first-order valence-electron chi connectivity index (χ1n) is 7.13. The first-order chi connectivity index (χ1) is 11.5. The van der Waals surface area contributed by atoms with Crippen molar-refractivity contribution in [3.05, 3.63) is 63.9 Å². The Labute approximate surface area is 151 Å². The minimum absolute atomic E-state index is 0.133. The van der Waals surface area contributed by atoms with Gasteiger partial charge in [0.15, 0.2) is 6.23 Å². The fourth-order valence-electron chi connectivity index (χ4n) is 2.88. The van der Waals surface area contributed by atoms with Crippen LogP contribution in [-0.2, 0) is 6.54 Å². The van der Waals surface area contributed by atoms with E-state index < -0.39 is 23.9 Å². The van der Waals surface area contributed by atoms with Crippen molar-refractivity contribution in [2.75, 3.05) is 0 Å². The van der Waals surface area contributed by atoms with E-state index in [1.165, 1.54) is 6.20 Å². The van der Waals surface area contributed by atoms with Gasteiger partial charge in [-0.25, -0.2) is 8.78 Å². The fourth-order valence-corrected chi connectivity index (χ4v) is 3.26. The average molecular weight is 414 g/mol. The highest BCUT2D eigenvalue weighted by Crippen LogP contribution is 2.41. The first kappa shape index (κ1) is 17.3. The third kappa shape index (κ3) is 3.17. The van der Waals surface area contributed by atoms with Crippen molar-refractivity contribution in [3.63, 3.8) is 0 Å². The van der Waals surface area contributed by atoms with Gasteiger partial charge in [0.1, 0.15) is 11.6 Å². The van der Waals surface area contributed by atoms with Crippen LogP contribution in [0.5, 0.6) is 0 Å². The highest BCUT2D eigenvalue weighted by molar-refractivity contribution is 9.12. The number of fused-ring (bicyclic) bond motifs is 1. The monoisotopic (exact) mass is 412 g/mol. The second-order valence-electron chi connectivity index (χ2n) is 5.36. The maximum atomic E-state index is 14.3. The van der Waals surface area contributed by atoms with Crippen LogP contribution in [0.15, 0.2) is 30.5 Å². The summed E-state index contributed by atoms with van der Waals surface area (Å²) in [5.74, 6) is 1.70. The number of pyridine rings is 1. The van der Waals surface area contributed by atoms with Crippen molar-refractivity contribution >= 4 is 27.5 Å². The molecule has 7 heteroatoms. The Kier molecular flexibility index (Phi) is 5.16. The zero-order valence-electron chi connectivity index (χ0n) is 12.3. The largest absolute Gasteiger partial charge is 0.372 e. The van der Waals surface area contributed by atoms with Gasteiger partial charge in [-0.1, -0.05) is 17.5 Å². The fraction of sp³-hybridized carbons (Fsp3) is 0.235. The Morgan fingerprint density at radius 2 is 2.21 bits per heavy atom. The molecule has 1 aromatic heterocycles. The number of aliphatic hydroxyl groups excluding tert-OH is 1. The van der Waals surface area contributed by atoms with Crippen LogP contribution in [0.4, 0.5) is 8.78 Å². The van der Waals surface area contributed by atoms with Crippen LogP contribution in [0.25, 0.3) is 0 Å². The molecule has 0 aliphatic carbocycles. The molecule has 24 heavy (non-hydrogen) atoms. The molecule has 0 amide bonds. The van der Waals surface area contributed by atoms with Gasteiger partial charge in [0, 0.05) is 51.2 Å². The van der Waals surface area contributed by atoms with Gasteiger partial charge in [0.2, 0.25) is 0 Å². The van der Waals surface area contributed by atoms with Gasteiger partial charge in [-0.2, -0.15) is 0 Å². The second-order valence-corrected chi connectivity index (χ2v) is 6.16. The summed E-state index contributed by atoms with van der Waals surface area (Å²) >= 11 is 9.17. The normalized spacial score (nSPS) is 18.0. The Morgan fingerprint density at radius 1 is 1.42 bits per heavy atom. The highest BCUT2D eigenvalue weighted by atomic mass is 79.9. The molecule has 2 atom stereocenters. The molecule has 3 nitrogen and oxygen atoms in total. The number of aromatic nitrogens is 1. The van der Waals surface area contributed by atoms with Crippen molar-refractivity contribution in [2.45, 2.75) is 25.2 Å². The van der Waals surface area contributed by atoms with E-state index in [0.717, 1.165) is 18.2 Å². The average Bonchev–Trinajstić information content (AvgIpc) is 2.90. The number of rotatable bonds is 3. The number of halogens is 4. The summed E-state index contributed by atoms with van der Waals surface area (Å²) in [7, 11) is 0. The van der Waals surface area contributed by atoms with Crippen LogP contribution >= 0.6 is 27.5 Å². The van der Waals surface area contributed by atoms with Crippen LogP contribution < -0.4 is 0 Å². The molecule has 0 radical (unpaired) electrons. The minimum atomic E-state index is -1.07. The molecule has 2 heterocycles. The Bertz CT molecular complexity index is 837. The molecule has 2 aromatic rings. The van der Waals surface area contributed by atoms with Crippen molar-refractivity contribution in [1.29, 1.82) is 0 Å². The molecular weight excluding hydrogens is 402 g/mol. The third-order valence-electron chi connectivity index (χ3n) is 4.01. The molecule has 0 saturated carbocycles. The van der Waals surface area contributed by atoms with Gasteiger partial charge in [0.05, 0.1) is 11.7 Å². The molecule has 0 spiro atoms.